The van der Waals surface area contributed by atoms with Crippen LogP contribution in [0.15, 0.2) is 0 Å². The van der Waals surface area contributed by atoms with Crippen LogP contribution in [0.5, 0.6) is 0 Å². The highest BCUT2D eigenvalue weighted by Crippen LogP contribution is 2.57. The van der Waals surface area contributed by atoms with Gasteiger partial charge < -0.3 is 20.1 Å². The summed E-state index contributed by atoms with van der Waals surface area (Å²) in [5, 5.41) is 0. The lowest BCUT2D eigenvalue weighted by Crippen LogP contribution is -2.82. The van der Waals surface area contributed by atoms with Crippen molar-refractivity contribution in [1.29, 1.82) is 0 Å². The predicted molar refractivity (Wildman–Crippen MR) is 89.2 cm³/mol. The van der Waals surface area contributed by atoms with Crippen molar-refractivity contribution in [3.05, 3.63) is 0 Å². The van der Waals surface area contributed by atoms with Crippen LogP contribution in [0.4, 0.5) is 0 Å². The number of carbonyl (C=O) groups excluding carboxylic acids is 1. The topological polar surface area (TPSA) is 64.8 Å². The summed E-state index contributed by atoms with van der Waals surface area (Å²) in [5.74, 6) is 0.205. The second kappa shape index (κ2) is 7.47. The van der Waals surface area contributed by atoms with Gasteiger partial charge in [-0.25, -0.2) is 0 Å². The molecule has 2 fully saturated rings. The summed E-state index contributed by atoms with van der Waals surface area (Å²) < 4.78 is 11.3. The smallest absolute Gasteiger partial charge is 0.243 e. The van der Waals surface area contributed by atoms with Gasteiger partial charge in [0.25, 0.3) is 0 Å². The van der Waals surface area contributed by atoms with Crippen molar-refractivity contribution in [2.24, 2.45) is 17.1 Å². The van der Waals surface area contributed by atoms with Crippen molar-refractivity contribution in [3.63, 3.8) is 0 Å². The number of likely N-dealkylation sites (N-methyl/N-ethyl adjacent to an activating group) is 1. The van der Waals surface area contributed by atoms with Crippen LogP contribution in [-0.4, -0.2) is 55.4 Å². The van der Waals surface area contributed by atoms with Gasteiger partial charge in [-0.15, -0.1) is 12.4 Å². The first-order chi connectivity index (χ1) is 9.91. The summed E-state index contributed by atoms with van der Waals surface area (Å²) in [6, 6.07) is 0. The van der Waals surface area contributed by atoms with Crippen molar-refractivity contribution in [2.45, 2.75) is 52.2 Å². The maximum absolute atomic E-state index is 13.0. The second-order valence-electron chi connectivity index (χ2n) is 6.71. The number of halogens is 1. The van der Waals surface area contributed by atoms with E-state index in [1.54, 1.807) is 0 Å². The molecule has 1 aliphatic heterocycles. The Kier molecular flexibility index (Phi) is 6.69. The Bertz CT molecular complexity index is 392. The summed E-state index contributed by atoms with van der Waals surface area (Å²) in [6.07, 6.45) is 2.10. The Balaban J connectivity index is 0.00000242. The third-order valence-corrected chi connectivity index (χ3v) is 5.42. The number of nitrogens with zero attached hydrogens (tertiary/aromatic N) is 1. The highest BCUT2D eigenvalue weighted by Gasteiger charge is 2.70. The first-order valence-electron chi connectivity index (χ1n) is 8.18. The first-order valence-corrected chi connectivity index (χ1v) is 8.18. The van der Waals surface area contributed by atoms with Crippen LogP contribution in [0, 0.1) is 11.3 Å². The molecule has 22 heavy (non-hydrogen) atoms. The van der Waals surface area contributed by atoms with Crippen LogP contribution in [0.1, 0.15) is 40.5 Å². The Labute approximate surface area is 140 Å². The van der Waals surface area contributed by atoms with E-state index in [0.29, 0.717) is 26.3 Å². The van der Waals surface area contributed by atoms with Gasteiger partial charge in [-0.1, -0.05) is 13.8 Å². The fraction of sp³-hybridized carbons (Fsp3) is 0.938. The van der Waals surface area contributed by atoms with E-state index in [9.17, 15) is 4.79 Å². The molecule has 5 nitrogen and oxygen atoms in total. The monoisotopic (exact) mass is 334 g/mol. The number of hydrogen-bond acceptors (Lipinski definition) is 4. The molecule has 2 aliphatic rings. The zero-order valence-corrected chi connectivity index (χ0v) is 15.1. The first kappa shape index (κ1) is 19.7. The fourth-order valence-corrected chi connectivity index (χ4v) is 3.99. The van der Waals surface area contributed by atoms with E-state index >= 15 is 0 Å². The van der Waals surface area contributed by atoms with E-state index in [0.717, 1.165) is 19.4 Å². The number of carbonyl (C=O) groups is 1. The summed E-state index contributed by atoms with van der Waals surface area (Å²) in [6.45, 7) is 11.4. The molecule has 0 radical (unpaired) electrons. The maximum atomic E-state index is 13.0. The average Bonchev–Trinajstić information content (AvgIpc) is 2.50. The van der Waals surface area contributed by atoms with E-state index in [2.05, 4.69) is 13.8 Å². The molecular weight excluding hydrogens is 304 g/mol. The van der Waals surface area contributed by atoms with Gasteiger partial charge in [0, 0.05) is 37.6 Å². The van der Waals surface area contributed by atoms with Crippen molar-refractivity contribution < 1.29 is 14.3 Å². The number of rotatable bonds is 6. The van der Waals surface area contributed by atoms with E-state index in [4.69, 9.17) is 15.2 Å². The van der Waals surface area contributed by atoms with Gasteiger partial charge in [0.1, 0.15) is 5.54 Å². The van der Waals surface area contributed by atoms with Crippen molar-refractivity contribution >= 4 is 18.3 Å². The highest BCUT2D eigenvalue weighted by atomic mass is 35.5. The molecule has 0 aromatic rings. The molecule has 0 aromatic heterocycles. The maximum Gasteiger partial charge on any atom is 0.243 e. The molecule has 1 amide bonds. The Morgan fingerprint density at radius 2 is 2.09 bits per heavy atom. The van der Waals surface area contributed by atoms with Crippen molar-refractivity contribution in [3.8, 4) is 0 Å². The van der Waals surface area contributed by atoms with Gasteiger partial charge in [-0.3, -0.25) is 4.79 Å². The Morgan fingerprint density at radius 3 is 2.68 bits per heavy atom. The van der Waals surface area contributed by atoms with Gasteiger partial charge >= 0.3 is 0 Å². The van der Waals surface area contributed by atoms with Crippen LogP contribution >= 0.6 is 12.4 Å². The minimum atomic E-state index is -0.805. The number of fused-ring (bicyclic) bond motifs is 1. The van der Waals surface area contributed by atoms with E-state index in [-0.39, 0.29) is 35.8 Å². The Morgan fingerprint density at radius 1 is 1.41 bits per heavy atom. The quantitative estimate of drug-likeness (QED) is 0.753. The lowest BCUT2D eigenvalue weighted by atomic mass is 9.46. The number of amides is 1. The molecule has 3 atom stereocenters. The van der Waals surface area contributed by atoms with Crippen LogP contribution in [0.3, 0.4) is 0 Å². The van der Waals surface area contributed by atoms with E-state index in [1.165, 1.54) is 0 Å². The molecule has 2 N–H and O–H groups in total. The molecule has 3 unspecified atom stereocenters. The molecule has 1 saturated carbocycles. The Hall–Kier alpha value is -0.360. The summed E-state index contributed by atoms with van der Waals surface area (Å²) in [5.41, 5.74) is 5.53. The van der Waals surface area contributed by atoms with Gasteiger partial charge in [0.2, 0.25) is 5.91 Å². The zero-order valence-electron chi connectivity index (χ0n) is 14.3. The molecule has 0 aromatic carbocycles. The minimum Gasteiger partial charge on any atom is -0.380 e. The van der Waals surface area contributed by atoms with Gasteiger partial charge in [0.05, 0.1) is 12.7 Å². The molecule has 2 rings (SSSR count). The standard InChI is InChI=1S/C16H30N2O3.ClH/c1-5-18(9-11-20-6-2)14(19)16(17)12-8-7-10-21-13(12)15(16,3)4;/h12-13H,5-11,17H2,1-4H3;1H. The molecular formula is C16H31ClN2O3. The summed E-state index contributed by atoms with van der Waals surface area (Å²) >= 11 is 0. The molecule has 0 spiro atoms. The molecule has 130 valence electrons. The second-order valence-corrected chi connectivity index (χ2v) is 6.71. The molecule has 0 bridgehead atoms. The lowest BCUT2D eigenvalue weighted by Gasteiger charge is -2.65. The molecule has 6 heteroatoms. The average molecular weight is 335 g/mol. The summed E-state index contributed by atoms with van der Waals surface area (Å²) in [7, 11) is 0. The largest absolute Gasteiger partial charge is 0.380 e. The third-order valence-electron chi connectivity index (χ3n) is 5.42. The van der Waals surface area contributed by atoms with Crippen LogP contribution in [-0.2, 0) is 14.3 Å². The van der Waals surface area contributed by atoms with Gasteiger partial charge in [-0.2, -0.15) is 0 Å². The zero-order chi connectivity index (χ0) is 15.7. The number of nitrogens with two attached hydrogens (primary N) is 1. The van der Waals surface area contributed by atoms with Crippen molar-refractivity contribution in [1.82, 2.24) is 4.90 Å². The van der Waals surface area contributed by atoms with Crippen LogP contribution < -0.4 is 5.73 Å². The van der Waals surface area contributed by atoms with Crippen LogP contribution in [0.2, 0.25) is 0 Å². The van der Waals surface area contributed by atoms with Gasteiger partial charge in [-0.05, 0) is 26.7 Å². The number of ether oxygens (including phenoxy) is 2. The predicted octanol–water partition coefficient (Wildman–Crippen LogP) is 1.83. The minimum absolute atomic E-state index is 0. The molecule has 1 aliphatic carbocycles. The summed E-state index contributed by atoms with van der Waals surface area (Å²) in [4.78, 5) is 14.9. The van der Waals surface area contributed by atoms with E-state index < -0.39 is 5.54 Å². The van der Waals surface area contributed by atoms with Crippen molar-refractivity contribution in [2.75, 3.05) is 32.9 Å². The van der Waals surface area contributed by atoms with Crippen LogP contribution in [0.25, 0.3) is 0 Å². The SMILES string of the molecule is CCOCCN(CC)C(=O)C1(N)C2CCCOC2C1(C)C.Cl. The lowest BCUT2D eigenvalue weighted by molar-refractivity contribution is -0.230. The third kappa shape index (κ3) is 2.88. The molecule has 1 heterocycles. The van der Waals surface area contributed by atoms with E-state index in [1.807, 2.05) is 18.7 Å². The molecule has 1 saturated heterocycles. The van der Waals surface area contributed by atoms with Gasteiger partial charge in [0.15, 0.2) is 0 Å². The highest BCUT2D eigenvalue weighted by molar-refractivity contribution is 5.89. The normalized spacial score (nSPS) is 32.4. The fourth-order valence-electron chi connectivity index (χ4n) is 3.99. The number of hydrogen-bond donors (Lipinski definition) is 1.